The predicted molar refractivity (Wildman–Crippen MR) is 80.0 cm³/mol. The Morgan fingerprint density at radius 1 is 1.37 bits per heavy atom. The van der Waals surface area contributed by atoms with E-state index in [2.05, 4.69) is 47.7 Å². The number of hydrogen-bond donors (Lipinski definition) is 1. The van der Waals surface area contributed by atoms with E-state index in [0.717, 1.165) is 6.42 Å². The van der Waals surface area contributed by atoms with Crippen LogP contribution in [0, 0.1) is 5.92 Å². The Morgan fingerprint density at radius 2 is 1.89 bits per heavy atom. The van der Waals surface area contributed by atoms with Crippen LogP contribution in [0.2, 0.25) is 18.1 Å². The Morgan fingerprint density at radius 3 is 2.26 bits per heavy atom. The van der Waals surface area contributed by atoms with Gasteiger partial charge in [0.2, 0.25) is 0 Å². The maximum absolute atomic E-state index is 11.3. The zero-order valence-corrected chi connectivity index (χ0v) is 14.4. The van der Waals surface area contributed by atoms with Crippen molar-refractivity contribution in [1.82, 2.24) is 4.90 Å². The quantitative estimate of drug-likeness (QED) is 0.804. The second-order valence-electron chi connectivity index (χ2n) is 7.42. The number of carbonyl (C=O) groups is 1. The number of hydrogen-bond acceptors (Lipinski definition) is 2. The molecule has 0 aromatic heterocycles. The molecule has 1 fully saturated rings. The topological polar surface area (TPSA) is 49.8 Å². The van der Waals surface area contributed by atoms with Crippen molar-refractivity contribution < 1.29 is 14.3 Å². The standard InChI is InChI=1S/C14H29NO3Si/c1-10(2)12-11(8-9-15(12)13(16)17)18-19(6,7)14(3,4)5/h10-12H,8-9H2,1-7H3,(H,16,17)/t11-,12-/m0/s1. The van der Waals surface area contributed by atoms with Crippen LogP contribution in [0.5, 0.6) is 0 Å². The Balaban J connectivity index is 2.87. The second kappa shape index (κ2) is 5.44. The largest absolute Gasteiger partial charge is 0.465 e. The highest BCUT2D eigenvalue weighted by Crippen LogP contribution is 2.40. The minimum atomic E-state index is -1.84. The maximum atomic E-state index is 11.3. The summed E-state index contributed by atoms with van der Waals surface area (Å²) >= 11 is 0. The van der Waals surface area contributed by atoms with Crippen molar-refractivity contribution in [2.75, 3.05) is 6.54 Å². The third-order valence-electron chi connectivity index (χ3n) is 4.58. The van der Waals surface area contributed by atoms with Gasteiger partial charge in [0.25, 0.3) is 0 Å². The minimum absolute atomic E-state index is 0.00775. The Bertz CT molecular complexity index is 336. The summed E-state index contributed by atoms with van der Waals surface area (Å²) in [6.07, 6.45) is 0.0544. The van der Waals surface area contributed by atoms with Crippen LogP contribution in [0.3, 0.4) is 0 Å². The van der Waals surface area contributed by atoms with Gasteiger partial charge in [-0.1, -0.05) is 34.6 Å². The van der Waals surface area contributed by atoms with Crippen molar-refractivity contribution in [3.63, 3.8) is 0 Å². The van der Waals surface area contributed by atoms with E-state index in [-0.39, 0.29) is 23.1 Å². The van der Waals surface area contributed by atoms with E-state index in [1.807, 2.05) is 0 Å². The minimum Gasteiger partial charge on any atom is -0.465 e. The lowest BCUT2D eigenvalue weighted by atomic mass is 10.00. The zero-order chi connectivity index (χ0) is 15.0. The number of rotatable bonds is 3. The third-order valence-corrected chi connectivity index (χ3v) is 9.08. The van der Waals surface area contributed by atoms with Gasteiger partial charge in [0.1, 0.15) is 0 Å². The summed E-state index contributed by atoms with van der Waals surface area (Å²) in [5.74, 6) is 0.286. The monoisotopic (exact) mass is 287 g/mol. The summed E-state index contributed by atoms with van der Waals surface area (Å²) < 4.78 is 6.45. The van der Waals surface area contributed by atoms with Crippen LogP contribution in [-0.2, 0) is 4.43 Å². The highest BCUT2D eigenvalue weighted by atomic mass is 28.4. The first-order chi connectivity index (χ1) is 8.47. The second-order valence-corrected chi connectivity index (χ2v) is 12.2. The van der Waals surface area contributed by atoms with Crippen molar-refractivity contribution in [3.05, 3.63) is 0 Å². The molecule has 1 amide bonds. The fourth-order valence-electron chi connectivity index (χ4n) is 2.48. The molecule has 0 aliphatic carbocycles. The number of amides is 1. The van der Waals surface area contributed by atoms with E-state index in [0.29, 0.717) is 6.54 Å². The molecule has 4 nitrogen and oxygen atoms in total. The molecule has 1 saturated heterocycles. The lowest BCUT2D eigenvalue weighted by molar-refractivity contribution is 0.0840. The van der Waals surface area contributed by atoms with Gasteiger partial charge >= 0.3 is 6.09 Å². The van der Waals surface area contributed by atoms with Crippen molar-refractivity contribution in [2.45, 2.75) is 71.3 Å². The molecule has 1 N–H and O–H groups in total. The van der Waals surface area contributed by atoms with Gasteiger partial charge in [-0.05, 0) is 30.5 Å². The van der Waals surface area contributed by atoms with Gasteiger partial charge in [0.05, 0.1) is 12.1 Å². The molecule has 1 aliphatic rings. The molecule has 19 heavy (non-hydrogen) atoms. The summed E-state index contributed by atoms with van der Waals surface area (Å²) in [5.41, 5.74) is 0. The summed E-state index contributed by atoms with van der Waals surface area (Å²) in [4.78, 5) is 12.9. The van der Waals surface area contributed by atoms with Gasteiger partial charge < -0.3 is 14.4 Å². The van der Waals surface area contributed by atoms with E-state index in [1.165, 1.54) is 0 Å². The first-order valence-corrected chi connectivity index (χ1v) is 10.1. The van der Waals surface area contributed by atoms with Crippen LogP contribution in [0.15, 0.2) is 0 Å². The fraction of sp³-hybridized carbons (Fsp3) is 0.929. The maximum Gasteiger partial charge on any atom is 0.407 e. The highest BCUT2D eigenvalue weighted by Gasteiger charge is 2.45. The van der Waals surface area contributed by atoms with E-state index < -0.39 is 14.4 Å². The molecule has 0 unspecified atom stereocenters. The SMILES string of the molecule is CC(C)[C@H]1[C@@H](O[Si](C)(C)C(C)(C)C)CCN1C(=O)O. The molecular weight excluding hydrogens is 258 g/mol. The van der Waals surface area contributed by atoms with Gasteiger partial charge in [0.15, 0.2) is 8.32 Å². The van der Waals surface area contributed by atoms with E-state index in [9.17, 15) is 9.90 Å². The molecule has 0 saturated carbocycles. The summed E-state index contributed by atoms with van der Waals surface area (Å²) in [7, 11) is -1.84. The van der Waals surface area contributed by atoms with Crippen LogP contribution >= 0.6 is 0 Å². The van der Waals surface area contributed by atoms with Gasteiger partial charge in [-0.25, -0.2) is 4.79 Å². The molecule has 0 radical (unpaired) electrons. The lowest BCUT2D eigenvalue weighted by Gasteiger charge is -2.41. The molecule has 0 aromatic carbocycles. The Hall–Kier alpha value is -0.553. The smallest absolute Gasteiger partial charge is 0.407 e. The summed E-state index contributed by atoms with van der Waals surface area (Å²) in [6.45, 7) is 15.9. The van der Waals surface area contributed by atoms with Gasteiger partial charge in [-0.2, -0.15) is 0 Å². The molecule has 1 aliphatic heterocycles. The molecule has 2 atom stereocenters. The first-order valence-electron chi connectivity index (χ1n) is 7.15. The molecule has 112 valence electrons. The predicted octanol–water partition coefficient (Wildman–Crippen LogP) is 3.79. The van der Waals surface area contributed by atoms with Crippen molar-refractivity contribution in [3.8, 4) is 0 Å². The molecule has 1 heterocycles. The molecule has 0 bridgehead atoms. The van der Waals surface area contributed by atoms with Crippen molar-refractivity contribution >= 4 is 14.4 Å². The fourth-order valence-corrected chi connectivity index (χ4v) is 3.85. The Labute approximate surface area is 118 Å². The van der Waals surface area contributed by atoms with E-state index >= 15 is 0 Å². The summed E-state index contributed by atoms with van der Waals surface area (Å²) in [5, 5.41) is 9.45. The van der Waals surface area contributed by atoms with Crippen LogP contribution in [0.1, 0.15) is 41.0 Å². The van der Waals surface area contributed by atoms with Crippen LogP contribution < -0.4 is 0 Å². The van der Waals surface area contributed by atoms with E-state index in [1.54, 1.807) is 4.90 Å². The van der Waals surface area contributed by atoms with Crippen molar-refractivity contribution in [1.29, 1.82) is 0 Å². The van der Waals surface area contributed by atoms with Crippen LogP contribution in [0.4, 0.5) is 4.79 Å². The van der Waals surface area contributed by atoms with Crippen LogP contribution in [0.25, 0.3) is 0 Å². The average Bonchev–Trinajstić information content (AvgIpc) is 2.58. The summed E-state index contributed by atoms with van der Waals surface area (Å²) in [6, 6.07) is -0.00775. The molecule has 1 rings (SSSR count). The third kappa shape index (κ3) is 3.51. The van der Waals surface area contributed by atoms with Gasteiger partial charge in [0, 0.05) is 6.54 Å². The highest BCUT2D eigenvalue weighted by molar-refractivity contribution is 6.74. The average molecular weight is 287 g/mol. The number of likely N-dealkylation sites (tertiary alicyclic amines) is 1. The lowest BCUT2D eigenvalue weighted by Crippen LogP contribution is -2.50. The molecule has 0 spiro atoms. The van der Waals surface area contributed by atoms with Crippen molar-refractivity contribution in [2.24, 2.45) is 5.92 Å². The number of carboxylic acid groups (broad SMARTS) is 1. The van der Waals surface area contributed by atoms with E-state index in [4.69, 9.17) is 4.43 Å². The van der Waals surface area contributed by atoms with Gasteiger partial charge in [-0.3, -0.25) is 0 Å². The van der Waals surface area contributed by atoms with Gasteiger partial charge in [-0.15, -0.1) is 0 Å². The first kappa shape index (κ1) is 16.5. The Kier molecular flexibility index (Phi) is 4.73. The zero-order valence-electron chi connectivity index (χ0n) is 13.4. The molecule has 0 aromatic rings. The molecular formula is C14H29NO3Si. The van der Waals surface area contributed by atoms with Crippen LogP contribution in [-0.4, -0.2) is 43.1 Å². The number of nitrogens with zero attached hydrogens (tertiary/aromatic N) is 1. The molecule has 5 heteroatoms. The normalized spacial score (nSPS) is 25.2.